The lowest BCUT2D eigenvalue weighted by atomic mass is 9.68. The van der Waals surface area contributed by atoms with Crippen molar-refractivity contribution in [1.29, 1.82) is 0 Å². The Bertz CT molecular complexity index is 793. The molecule has 5 nitrogen and oxygen atoms in total. The smallest absolute Gasteiger partial charge is 0.341 e. The molecule has 0 heterocycles. The Kier molecular flexibility index (Phi) is 6.28. The summed E-state index contributed by atoms with van der Waals surface area (Å²) in [5, 5.41) is 9.21. The molecule has 1 aromatic rings. The maximum absolute atomic E-state index is 12.0. The van der Waals surface area contributed by atoms with Gasteiger partial charge in [-0.3, -0.25) is 4.79 Å². The molecule has 0 radical (unpaired) electrons. The number of hydrogen-bond donors (Lipinski definition) is 2. The average Bonchev–Trinajstić information content (AvgIpc) is 2.79. The van der Waals surface area contributed by atoms with Crippen LogP contribution in [0, 0.1) is 5.41 Å². The minimum Gasteiger partial charge on any atom is -0.480 e. The lowest BCUT2D eigenvalue weighted by Crippen LogP contribution is -2.33. The molecule has 1 aromatic carbocycles. The van der Waals surface area contributed by atoms with Gasteiger partial charge in [-0.2, -0.15) is 0 Å². The predicted octanol–water partition coefficient (Wildman–Crippen LogP) is 4.42. The van der Waals surface area contributed by atoms with Crippen LogP contribution in [0.25, 0.3) is 5.57 Å². The minimum atomic E-state index is -1.11. The van der Waals surface area contributed by atoms with Crippen molar-refractivity contribution in [2.75, 3.05) is 6.61 Å². The quantitative estimate of drug-likeness (QED) is 0.735. The highest BCUT2D eigenvalue weighted by molar-refractivity contribution is 6.44. The first-order chi connectivity index (χ1) is 11.8. The van der Waals surface area contributed by atoms with E-state index in [1.807, 2.05) is 0 Å². The van der Waals surface area contributed by atoms with Crippen molar-refractivity contribution < 1.29 is 19.4 Å². The van der Waals surface area contributed by atoms with Crippen molar-refractivity contribution in [3.8, 4) is 5.75 Å². The number of aliphatic carboxylic acids is 1. The van der Waals surface area contributed by atoms with Crippen molar-refractivity contribution in [2.45, 2.75) is 38.6 Å². The topological polar surface area (TPSA) is 89.6 Å². The van der Waals surface area contributed by atoms with Gasteiger partial charge in [0.25, 0.3) is 0 Å². The molecular weight excluding hydrogens is 401 g/mol. The van der Waals surface area contributed by atoms with E-state index in [9.17, 15) is 9.59 Å². The Labute approximate surface area is 167 Å². The number of carboxylic acids is 1. The molecular formula is C18H20Cl3NO4. The van der Waals surface area contributed by atoms with Gasteiger partial charge in [0.05, 0.1) is 5.02 Å². The van der Waals surface area contributed by atoms with Crippen LogP contribution in [0.5, 0.6) is 5.75 Å². The highest BCUT2D eigenvalue weighted by Crippen LogP contribution is 2.62. The molecule has 1 unspecified atom stereocenters. The number of rotatable bonds is 5. The van der Waals surface area contributed by atoms with Crippen LogP contribution in [0.1, 0.15) is 49.8 Å². The summed E-state index contributed by atoms with van der Waals surface area (Å²) in [5.41, 5.74) is 8.54. The molecule has 0 fully saturated rings. The molecule has 142 valence electrons. The number of carboxylic acid groups (broad SMARTS) is 1. The van der Waals surface area contributed by atoms with Gasteiger partial charge < -0.3 is 15.6 Å². The lowest BCUT2D eigenvalue weighted by molar-refractivity contribution is -0.139. The van der Waals surface area contributed by atoms with Crippen molar-refractivity contribution >= 4 is 52.9 Å². The molecule has 0 aromatic heterocycles. The van der Waals surface area contributed by atoms with Gasteiger partial charge in [-0.25, -0.2) is 4.79 Å². The Morgan fingerprint density at radius 2 is 2.12 bits per heavy atom. The van der Waals surface area contributed by atoms with Gasteiger partial charge in [-0.05, 0) is 36.1 Å². The van der Waals surface area contributed by atoms with E-state index in [-0.39, 0.29) is 45.4 Å². The first kappa shape index (κ1) is 21.0. The fourth-order valence-corrected chi connectivity index (χ4v) is 4.55. The zero-order chi connectivity index (χ0) is 18.4. The SMILES string of the molecule is CCC[C@@]12CCC(=O)C=C1c1c(cc(OCC(=O)O)c(Cl)c1Cl)C2N.Cl. The first-order valence-corrected chi connectivity index (χ1v) is 8.95. The van der Waals surface area contributed by atoms with Crippen LogP contribution < -0.4 is 10.5 Å². The van der Waals surface area contributed by atoms with E-state index in [1.54, 1.807) is 12.1 Å². The Morgan fingerprint density at radius 1 is 1.42 bits per heavy atom. The number of benzene rings is 1. The monoisotopic (exact) mass is 419 g/mol. The molecule has 0 bridgehead atoms. The highest BCUT2D eigenvalue weighted by Gasteiger charge is 2.50. The number of ether oxygens (including phenoxy) is 1. The fourth-order valence-electron chi connectivity index (χ4n) is 4.05. The molecule has 0 aliphatic heterocycles. The van der Waals surface area contributed by atoms with E-state index in [2.05, 4.69) is 6.92 Å². The summed E-state index contributed by atoms with van der Waals surface area (Å²) >= 11 is 12.8. The van der Waals surface area contributed by atoms with Crippen LogP contribution in [0.3, 0.4) is 0 Å². The van der Waals surface area contributed by atoms with Crippen LogP contribution in [0.2, 0.25) is 10.0 Å². The molecule has 0 saturated carbocycles. The van der Waals surface area contributed by atoms with Crippen molar-refractivity contribution in [3.63, 3.8) is 0 Å². The van der Waals surface area contributed by atoms with Gasteiger partial charge in [0.15, 0.2) is 12.4 Å². The van der Waals surface area contributed by atoms with Gasteiger partial charge in [0.2, 0.25) is 0 Å². The van der Waals surface area contributed by atoms with Gasteiger partial charge in [-0.15, -0.1) is 12.4 Å². The summed E-state index contributed by atoms with van der Waals surface area (Å²) in [5.74, 6) is -0.859. The average molecular weight is 421 g/mol. The maximum atomic E-state index is 12.0. The number of halogens is 3. The number of nitrogens with two attached hydrogens (primary N) is 1. The Hall–Kier alpha value is -1.27. The predicted molar refractivity (Wildman–Crippen MR) is 103 cm³/mol. The summed E-state index contributed by atoms with van der Waals surface area (Å²) in [7, 11) is 0. The number of carbonyl (C=O) groups excluding carboxylic acids is 1. The summed E-state index contributed by atoms with van der Waals surface area (Å²) in [6, 6.07) is 1.32. The molecule has 3 N–H and O–H groups in total. The maximum Gasteiger partial charge on any atom is 0.341 e. The second-order valence-corrected chi connectivity index (χ2v) is 7.31. The standard InChI is InChI=1S/C18H19Cl2NO4.ClH/c1-2-4-18-5-3-9(22)6-11(18)14-10(17(18)21)7-12(15(19)16(14)20)25-8-13(23)24;/h6-7,17H,2-5,8,21H2,1H3,(H,23,24);1H/t17?,18-;/m1./s1. The normalized spacial score (nSPS) is 23.6. The van der Waals surface area contributed by atoms with Crippen molar-refractivity contribution in [1.82, 2.24) is 0 Å². The van der Waals surface area contributed by atoms with Crippen molar-refractivity contribution in [2.24, 2.45) is 11.1 Å². The molecule has 0 spiro atoms. The van der Waals surface area contributed by atoms with E-state index >= 15 is 0 Å². The van der Waals surface area contributed by atoms with E-state index in [0.29, 0.717) is 18.4 Å². The zero-order valence-corrected chi connectivity index (χ0v) is 16.5. The van der Waals surface area contributed by atoms with Crippen LogP contribution in [0.4, 0.5) is 0 Å². The largest absolute Gasteiger partial charge is 0.480 e. The Morgan fingerprint density at radius 3 is 2.73 bits per heavy atom. The number of fused-ring (bicyclic) bond motifs is 3. The zero-order valence-electron chi connectivity index (χ0n) is 14.2. The Balaban J connectivity index is 0.00000243. The third-order valence-corrected chi connectivity index (χ3v) is 5.96. The van der Waals surface area contributed by atoms with E-state index in [0.717, 1.165) is 24.0 Å². The van der Waals surface area contributed by atoms with E-state index < -0.39 is 12.6 Å². The second kappa shape index (κ2) is 7.77. The summed E-state index contributed by atoms with van der Waals surface area (Å²) in [6.45, 7) is 1.56. The molecule has 2 aliphatic rings. The summed E-state index contributed by atoms with van der Waals surface area (Å²) in [6.07, 6.45) is 4.52. The molecule has 0 amide bonds. The van der Waals surface area contributed by atoms with Crippen LogP contribution in [-0.4, -0.2) is 23.5 Å². The van der Waals surface area contributed by atoms with Crippen LogP contribution >= 0.6 is 35.6 Å². The number of ketones is 1. The highest BCUT2D eigenvalue weighted by atomic mass is 35.5. The first-order valence-electron chi connectivity index (χ1n) is 8.19. The van der Waals surface area contributed by atoms with Gasteiger partial charge in [0.1, 0.15) is 10.8 Å². The fraction of sp³-hybridized carbons (Fsp3) is 0.444. The second-order valence-electron chi connectivity index (χ2n) is 6.56. The van der Waals surface area contributed by atoms with Gasteiger partial charge in [0, 0.05) is 23.4 Å². The van der Waals surface area contributed by atoms with Gasteiger partial charge >= 0.3 is 5.97 Å². The minimum absolute atomic E-state index is 0. The molecule has 3 rings (SSSR count). The van der Waals surface area contributed by atoms with E-state index in [1.165, 1.54) is 0 Å². The van der Waals surface area contributed by atoms with Gasteiger partial charge in [-0.1, -0.05) is 36.5 Å². The summed E-state index contributed by atoms with van der Waals surface area (Å²) in [4.78, 5) is 22.8. The van der Waals surface area contributed by atoms with Crippen LogP contribution in [0.15, 0.2) is 12.1 Å². The third kappa shape index (κ3) is 3.22. The lowest BCUT2D eigenvalue weighted by Gasteiger charge is -2.37. The molecule has 2 atom stereocenters. The van der Waals surface area contributed by atoms with E-state index in [4.69, 9.17) is 38.8 Å². The summed E-state index contributed by atoms with van der Waals surface area (Å²) < 4.78 is 5.26. The molecule has 26 heavy (non-hydrogen) atoms. The molecule has 2 aliphatic carbocycles. The van der Waals surface area contributed by atoms with Crippen LogP contribution in [-0.2, 0) is 9.59 Å². The number of carbonyl (C=O) groups is 2. The number of hydrogen-bond acceptors (Lipinski definition) is 4. The number of allylic oxidation sites excluding steroid dienone is 1. The third-order valence-electron chi connectivity index (χ3n) is 5.11. The molecule has 8 heteroatoms. The molecule has 0 saturated heterocycles. The van der Waals surface area contributed by atoms with Crippen molar-refractivity contribution in [3.05, 3.63) is 33.3 Å².